The van der Waals surface area contributed by atoms with Gasteiger partial charge in [-0.2, -0.15) is 5.10 Å². The van der Waals surface area contributed by atoms with E-state index in [1.165, 1.54) is 17.3 Å². The third-order valence-corrected chi connectivity index (χ3v) is 6.57. The van der Waals surface area contributed by atoms with E-state index < -0.39 is 0 Å². The predicted octanol–water partition coefficient (Wildman–Crippen LogP) is 3.10. The maximum atomic E-state index is 13.3. The van der Waals surface area contributed by atoms with Gasteiger partial charge in [-0.25, -0.2) is 9.48 Å². The fourth-order valence-corrected chi connectivity index (χ4v) is 4.70. The molecule has 1 aliphatic heterocycles. The van der Waals surface area contributed by atoms with Gasteiger partial charge in [-0.1, -0.05) is 44.2 Å². The predicted molar refractivity (Wildman–Crippen MR) is 144 cm³/mol. The lowest BCUT2D eigenvalue weighted by Gasteiger charge is -2.17. The number of hydrogen-bond donors (Lipinski definition) is 2. The lowest BCUT2D eigenvalue weighted by atomic mass is 10.2. The van der Waals surface area contributed by atoms with Crippen molar-refractivity contribution in [2.24, 2.45) is 13.0 Å². The van der Waals surface area contributed by atoms with E-state index in [2.05, 4.69) is 46.7 Å². The Morgan fingerprint density at radius 3 is 2.44 bits per heavy atom. The second-order valence-electron chi connectivity index (χ2n) is 10.00. The number of rotatable bonds is 7. The molecule has 2 aromatic heterocycles. The van der Waals surface area contributed by atoms with Gasteiger partial charge in [0.2, 0.25) is 0 Å². The molecule has 0 saturated carbocycles. The Morgan fingerprint density at radius 1 is 1.08 bits per heavy atom. The highest BCUT2D eigenvalue weighted by atomic mass is 16.2. The van der Waals surface area contributed by atoms with Gasteiger partial charge < -0.3 is 10.2 Å². The van der Waals surface area contributed by atoms with Crippen molar-refractivity contribution in [1.29, 1.82) is 0 Å². The van der Waals surface area contributed by atoms with Crippen molar-refractivity contribution >= 4 is 28.2 Å². The van der Waals surface area contributed by atoms with E-state index in [0.29, 0.717) is 36.0 Å². The minimum atomic E-state index is -0.356. The Balaban J connectivity index is 1.60. The van der Waals surface area contributed by atoms with Crippen LogP contribution in [-0.2, 0) is 20.1 Å². The number of para-hydroxylation sites is 1. The summed E-state index contributed by atoms with van der Waals surface area (Å²) in [4.78, 5) is 28.6. The quantitative estimate of drug-likeness (QED) is 0.417. The molecule has 5 rings (SSSR count). The molecule has 9 heteroatoms. The number of nitrogens with zero attached hydrogens (tertiary/aromatic N) is 5. The van der Waals surface area contributed by atoms with Crippen LogP contribution in [0.3, 0.4) is 0 Å². The smallest absolute Gasteiger partial charge is 0.332 e. The number of anilines is 3. The average Bonchev–Trinajstić information content (AvgIpc) is 3.45. The normalized spacial score (nSPS) is 15.8. The van der Waals surface area contributed by atoms with Crippen molar-refractivity contribution in [3.8, 4) is 0 Å². The van der Waals surface area contributed by atoms with Gasteiger partial charge in [0, 0.05) is 37.6 Å². The summed E-state index contributed by atoms with van der Waals surface area (Å²) in [6.45, 7) is 9.02. The van der Waals surface area contributed by atoms with Gasteiger partial charge in [-0.05, 0) is 42.7 Å². The first kappa shape index (κ1) is 23.9. The number of aromatic nitrogens is 4. The van der Waals surface area contributed by atoms with E-state index in [1.807, 2.05) is 44.2 Å². The van der Waals surface area contributed by atoms with E-state index in [1.54, 1.807) is 9.25 Å². The standard InChI is InChI=1S/C27H33N7O2/c1-18(2)14-33-25-23(26(35)31(4)27(33)36)24(29-21-8-6-5-7-9-21)34(30-25)16-20-10-12-22(13-11-20)32-15-19(3)28-17-32/h5-13,18-19,28-29H,14-17H2,1-4H3. The van der Waals surface area contributed by atoms with Gasteiger partial charge in [-0.3, -0.25) is 19.2 Å². The first-order chi connectivity index (χ1) is 17.3. The zero-order valence-corrected chi connectivity index (χ0v) is 21.2. The highest BCUT2D eigenvalue weighted by Crippen LogP contribution is 2.26. The van der Waals surface area contributed by atoms with Crippen LogP contribution in [0.1, 0.15) is 26.3 Å². The van der Waals surface area contributed by atoms with Crippen LogP contribution in [0.15, 0.2) is 64.2 Å². The maximum Gasteiger partial charge on any atom is 0.332 e. The topological polar surface area (TPSA) is 89.1 Å². The van der Waals surface area contributed by atoms with E-state index in [0.717, 1.165) is 24.5 Å². The minimum absolute atomic E-state index is 0.217. The monoisotopic (exact) mass is 487 g/mol. The van der Waals surface area contributed by atoms with Gasteiger partial charge in [0.15, 0.2) is 5.65 Å². The lowest BCUT2D eigenvalue weighted by molar-refractivity contribution is 0.498. The van der Waals surface area contributed by atoms with E-state index >= 15 is 0 Å². The van der Waals surface area contributed by atoms with E-state index in [4.69, 9.17) is 5.10 Å². The van der Waals surface area contributed by atoms with Crippen LogP contribution in [0.25, 0.3) is 11.0 Å². The van der Waals surface area contributed by atoms with Crippen LogP contribution < -0.4 is 26.8 Å². The van der Waals surface area contributed by atoms with Crippen LogP contribution in [0.2, 0.25) is 0 Å². The SMILES string of the molecule is CC(C)Cn1c(=O)n(C)c(=O)c2c(Nc3ccccc3)n(Cc3ccc(N4CNC(C)C4)cc3)nc21. The molecule has 0 spiro atoms. The Morgan fingerprint density at radius 2 is 1.81 bits per heavy atom. The molecule has 0 radical (unpaired) electrons. The van der Waals surface area contributed by atoms with Gasteiger partial charge in [0.25, 0.3) is 5.56 Å². The average molecular weight is 488 g/mol. The van der Waals surface area contributed by atoms with Crippen molar-refractivity contribution in [2.75, 3.05) is 23.4 Å². The fourth-order valence-electron chi connectivity index (χ4n) is 4.70. The van der Waals surface area contributed by atoms with Gasteiger partial charge in [0.05, 0.1) is 13.2 Å². The Bertz CT molecular complexity index is 1480. The number of benzene rings is 2. The molecule has 36 heavy (non-hydrogen) atoms. The maximum absolute atomic E-state index is 13.3. The van der Waals surface area contributed by atoms with Gasteiger partial charge >= 0.3 is 5.69 Å². The minimum Gasteiger partial charge on any atom is -0.357 e. The molecule has 3 heterocycles. The zero-order valence-electron chi connectivity index (χ0n) is 21.2. The van der Waals surface area contributed by atoms with Crippen LogP contribution in [0, 0.1) is 5.92 Å². The van der Waals surface area contributed by atoms with Crippen LogP contribution in [-0.4, -0.2) is 38.2 Å². The van der Waals surface area contributed by atoms with Crippen LogP contribution in [0.4, 0.5) is 17.2 Å². The molecule has 0 aliphatic carbocycles. The van der Waals surface area contributed by atoms with E-state index in [9.17, 15) is 9.59 Å². The fraction of sp³-hybridized carbons (Fsp3) is 0.370. The summed E-state index contributed by atoms with van der Waals surface area (Å²) in [5.41, 5.74) is 2.76. The molecule has 4 aromatic rings. The Hall–Kier alpha value is -3.85. The summed E-state index contributed by atoms with van der Waals surface area (Å²) in [5, 5.41) is 12.1. The number of nitrogens with one attached hydrogen (secondary N) is 2. The van der Waals surface area contributed by atoms with Crippen LogP contribution >= 0.6 is 0 Å². The molecular weight excluding hydrogens is 454 g/mol. The van der Waals surface area contributed by atoms with Gasteiger partial charge in [0.1, 0.15) is 11.2 Å². The summed E-state index contributed by atoms with van der Waals surface area (Å²) in [7, 11) is 1.53. The summed E-state index contributed by atoms with van der Waals surface area (Å²) in [6.07, 6.45) is 0. The number of hydrogen-bond acceptors (Lipinski definition) is 6. The molecule has 1 fully saturated rings. The molecule has 2 N–H and O–H groups in total. The molecule has 1 aliphatic rings. The first-order valence-electron chi connectivity index (χ1n) is 12.4. The molecular formula is C27H33N7O2. The molecule has 9 nitrogen and oxygen atoms in total. The molecule has 1 saturated heterocycles. The molecule has 2 aromatic carbocycles. The Labute approximate surface area is 210 Å². The largest absolute Gasteiger partial charge is 0.357 e. The zero-order chi connectivity index (χ0) is 25.4. The highest BCUT2D eigenvalue weighted by Gasteiger charge is 2.22. The highest BCUT2D eigenvalue weighted by molar-refractivity contribution is 5.89. The van der Waals surface area contributed by atoms with Crippen molar-refractivity contribution in [1.82, 2.24) is 24.2 Å². The Kier molecular flexibility index (Phi) is 6.40. The second-order valence-corrected chi connectivity index (χ2v) is 10.00. The van der Waals surface area contributed by atoms with Crippen LogP contribution in [0.5, 0.6) is 0 Å². The van der Waals surface area contributed by atoms with E-state index in [-0.39, 0.29) is 17.2 Å². The third-order valence-electron chi connectivity index (χ3n) is 6.57. The van der Waals surface area contributed by atoms with Crippen molar-refractivity contribution in [3.63, 3.8) is 0 Å². The lowest BCUT2D eigenvalue weighted by Crippen LogP contribution is -2.38. The third kappa shape index (κ3) is 4.54. The second kappa shape index (κ2) is 9.66. The van der Waals surface area contributed by atoms with Crippen molar-refractivity contribution in [3.05, 3.63) is 81.0 Å². The van der Waals surface area contributed by atoms with Crippen molar-refractivity contribution in [2.45, 2.75) is 39.9 Å². The van der Waals surface area contributed by atoms with Crippen molar-refractivity contribution < 1.29 is 0 Å². The van der Waals surface area contributed by atoms with Gasteiger partial charge in [-0.15, -0.1) is 0 Å². The summed E-state index contributed by atoms with van der Waals surface area (Å²) in [5.74, 6) is 0.797. The summed E-state index contributed by atoms with van der Waals surface area (Å²) < 4.78 is 4.58. The molecule has 0 bridgehead atoms. The number of fused-ring (bicyclic) bond motifs is 1. The molecule has 0 amide bonds. The first-order valence-corrected chi connectivity index (χ1v) is 12.4. The molecule has 1 atom stereocenters. The molecule has 188 valence electrons. The molecule has 1 unspecified atom stereocenters. The summed E-state index contributed by atoms with van der Waals surface area (Å²) >= 11 is 0. The summed E-state index contributed by atoms with van der Waals surface area (Å²) in [6, 6.07) is 18.6.